The molecule has 9 fully saturated rings. The van der Waals surface area contributed by atoms with Crippen LogP contribution < -0.4 is 0 Å². The summed E-state index contributed by atoms with van der Waals surface area (Å²) in [4.78, 5) is 7.96. The van der Waals surface area contributed by atoms with Gasteiger partial charge in [0.1, 0.15) is 0 Å². The zero-order valence-electron chi connectivity index (χ0n) is 21.9. The van der Waals surface area contributed by atoms with Gasteiger partial charge in [0, 0.05) is 56.4 Å². The summed E-state index contributed by atoms with van der Waals surface area (Å²) in [5, 5.41) is 0. The van der Waals surface area contributed by atoms with Crippen LogP contribution in [0.3, 0.4) is 0 Å². The smallest absolute Gasteiger partial charge is 0.0116 e. The van der Waals surface area contributed by atoms with E-state index in [0.29, 0.717) is 0 Å². The van der Waals surface area contributed by atoms with Gasteiger partial charge in [-0.15, -0.1) is 0 Å². The maximum absolute atomic E-state index is 2.70. The Hall–Kier alpha value is -0.120. The first-order valence-electron chi connectivity index (χ1n) is 14.0. The lowest BCUT2D eigenvalue weighted by Crippen LogP contribution is -2.61. The van der Waals surface area contributed by atoms with Crippen molar-refractivity contribution in [1.29, 1.82) is 0 Å². The molecule has 9 rings (SSSR count). The van der Waals surface area contributed by atoms with E-state index in [0.717, 1.165) is 59.8 Å². The zero-order valence-corrected chi connectivity index (χ0v) is 21.9. The molecule has 0 N–H and O–H groups in total. The third-order valence-electron chi connectivity index (χ3n) is 9.87. The Morgan fingerprint density at radius 2 is 1.06 bits per heavy atom. The molecule has 0 radical (unpaired) electrons. The highest BCUT2D eigenvalue weighted by Gasteiger charge is 2.44. The van der Waals surface area contributed by atoms with Crippen molar-refractivity contribution in [2.45, 2.75) is 124 Å². The van der Waals surface area contributed by atoms with E-state index in [1.54, 1.807) is 0 Å². The summed E-state index contributed by atoms with van der Waals surface area (Å²) in [6.45, 7) is 21.8. The lowest BCUT2D eigenvalue weighted by atomic mass is 9.62. The van der Waals surface area contributed by atoms with E-state index in [1.165, 1.54) is 71.1 Å². The molecule has 0 spiro atoms. The normalized spacial score (nSPS) is 41.4. The highest BCUT2D eigenvalue weighted by Crippen LogP contribution is 2.45. The van der Waals surface area contributed by atoms with Crippen molar-refractivity contribution in [3.05, 3.63) is 0 Å². The minimum absolute atomic E-state index is 0.771. The van der Waals surface area contributed by atoms with Crippen LogP contribution >= 0.6 is 0 Å². The maximum atomic E-state index is 2.70. The third kappa shape index (κ3) is 5.35. The molecule has 3 saturated carbocycles. The number of hydrogen-bond donors (Lipinski definition) is 0. The van der Waals surface area contributed by atoms with E-state index in [4.69, 9.17) is 0 Å². The Morgan fingerprint density at radius 3 is 1.39 bits per heavy atom. The Labute approximate surface area is 194 Å². The summed E-state index contributed by atoms with van der Waals surface area (Å²) in [6, 6.07) is 4.29. The molecule has 6 bridgehead atoms. The van der Waals surface area contributed by atoms with Gasteiger partial charge in [0.25, 0.3) is 0 Å². The summed E-state index contributed by atoms with van der Waals surface area (Å²) in [6.07, 6.45) is 10.5. The molecule has 3 nitrogen and oxygen atoms in total. The Balaban J connectivity index is 0.000000112. The van der Waals surface area contributed by atoms with Crippen LogP contribution in [0.5, 0.6) is 0 Å². The molecule has 9 aliphatic rings. The van der Waals surface area contributed by atoms with Crippen LogP contribution in [0, 0.1) is 29.6 Å². The van der Waals surface area contributed by atoms with Crippen molar-refractivity contribution in [2.24, 2.45) is 29.6 Å². The van der Waals surface area contributed by atoms with Crippen LogP contribution in [-0.4, -0.2) is 71.1 Å². The molecular weight excluding hydrogens is 378 g/mol. The maximum Gasteiger partial charge on any atom is 0.0116 e. The van der Waals surface area contributed by atoms with E-state index >= 15 is 0 Å². The number of rotatable bonds is 3. The fraction of sp³-hybridized carbons (Fsp3) is 1.00. The molecule has 0 aromatic carbocycles. The van der Waals surface area contributed by atoms with E-state index in [-0.39, 0.29) is 0 Å². The highest BCUT2D eigenvalue weighted by molar-refractivity contribution is 4.98. The molecule has 6 saturated heterocycles. The van der Waals surface area contributed by atoms with Crippen LogP contribution in [0.1, 0.15) is 93.4 Å². The van der Waals surface area contributed by atoms with E-state index in [9.17, 15) is 0 Å². The van der Waals surface area contributed by atoms with Crippen LogP contribution in [0.15, 0.2) is 0 Å². The van der Waals surface area contributed by atoms with Crippen molar-refractivity contribution in [2.75, 3.05) is 26.2 Å². The average molecular weight is 432 g/mol. The first kappa shape index (κ1) is 24.0. The van der Waals surface area contributed by atoms with Gasteiger partial charge in [0.2, 0.25) is 0 Å². The topological polar surface area (TPSA) is 9.72 Å². The van der Waals surface area contributed by atoms with Gasteiger partial charge in [-0.3, -0.25) is 4.90 Å². The van der Waals surface area contributed by atoms with Gasteiger partial charge >= 0.3 is 0 Å². The van der Waals surface area contributed by atoms with E-state index in [2.05, 4.69) is 63.2 Å². The first-order chi connectivity index (χ1) is 14.7. The largest absolute Gasteiger partial charge is 0.300 e. The third-order valence-corrected chi connectivity index (χ3v) is 9.87. The number of piperidine rings is 5. The summed E-state index contributed by atoms with van der Waals surface area (Å²) >= 11 is 0. The van der Waals surface area contributed by atoms with Crippen LogP contribution in [-0.2, 0) is 0 Å². The first-order valence-corrected chi connectivity index (χ1v) is 14.0. The van der Waals surface area contributed by atoms with Crippen molar-refractivity contribution in [1.82, 2.24) is 14.7 Å². The predicted molar refractivity (Wildman–Crippen MR) is 133 cm³/mol. The number of nitrogens with zero attached hydrogens (tertiary/aromatic N) is 3. The molecule has 31 heavy (non-hydrogen) atoms. The SMILES string of the molecule is CC(C)N1C2CCCC1C2.CC(C)N1CC2CC(C2)C1.CC1C2CC1CN(C(C)C)C2. The highest BCUT2D eigenvalue weighted by atomic mass is 15.3. The number of hydrogen-bond acceptors (Lipinski definition) is 3. The second-order valence-electron chi connectivity index (χ2n) is 12.9. The molecule has 0 aromatic heterocycles. The average Bonchev–Trinajstić information content (AvgIpc) is 2.74. The van der Waals surface area contributed by atoms with Gasteiger partial charge in [0.15, 0.2) is 0 Å². The molecule has 4 unspecified atom stereocenters. The molecule has 180 valence electrons. The van der Waals surface area contributed by atoms with Crippen LogP contribution in [0.25, 0.3) is 0 Å². The van der Waals surface area contributed by atoms with Crippen LogP contribution in [0.2, 0.25) is 0 Å². The van der Waals surface area contributed by atoms with Crippen molar-refractivity contribution >= 4 is 0 Å². The molecule has 3 aliphatic carbocycles. The quantitative estimate of drug-likeness (QED) is 0.564. The van der Waals surface area contributed by atoms with Crippen molar-refractivity contribution < 1.29 is 0 Å². The lowest BCUT2D eigenvalue weighted by molar-refractivity contribution is -0.0511. The van der Waals surface area contributed by atoms with Gasteiger partial charge < -0.3 is 9.80 Å². The van der Waals surface area contributed by atoms with Crippen molar-refractivity contribution in [3.8, 4) is 0 Å². The Kier molecular flexibility index (Phi) is 7.76. The van der Waals surface area contributed by atoms with Gasteiger partial charge in [-0.05, 0) is 110 Å². The standard InChI is InChI=1S/C10H19N.2C9H17N/c1-7(2)11-5-9-4-10(6-11)8(9)3;1-7(2)10-5-8-3-9(4-8)6-10;1-7(2)10-8-4-3-5-9(10)6-8/h7-10H,4-6H2,1-3H3;2*7-9H,3-6H2,1-2H3. The predicted octanol–water partition coefficient (Wildman–Crippen LogP) is 5.74. The molecule has 0 aromatic rings. The molecule has 4 atom stereocenters. The Bertz CT molecular complexity index is 531. The zero-order chi connectivity index (χ0) is 22.3. The van der Waals surface area contributed by atoms with Crippen LogP contribution in [0.4, 0.5) is 0 Å². The monoisotopic (exact) mass is 431 g/mol. The van der Waals surface area contributed by atoms with Gasteiger partial charge in [-0.25, -0.2) is 0 Å². The molecule has 0 amide bonds. The van der Waals surface area contributed by atoms with Gasteiger partial charge in [-0.1, -0.05) is 13.3 Å². The summed E-state index contributed by atoms with van der Waals surface area (Å²) in [5.41, 5.74) is 0. The molecule has 6 heterocycles. The van der Waals surface area contributed by atoms with Gasteiger partial charge in [0.05, 0.1) is 0 Å². The lowest BCUT2D eigenvalue weighted by Gasteiger charge is -2.55. The second kappa shape index (κ2) is 10.0. The number of fused-ring (bicyclic) bond motifs is 6. The molecular formula is C28H53N3. The summed E-state index contributed by atoms with van der Waals surface area (Å²) in [5.74, 6) is 5.25. The molecule has 3 heteroatoms. The summed E-state index contributed by atoms with van der Waals surface area (Å²) in [7, 11) is 0. The fourth-order valence-electron chi connectivity index (χ4n) is 7.60. The van der Waals surface area contributed by atoms with Crippen molar-refractivity contribution in [3.63, 3.8) is 0 Å². The minimum Gasteiger partial charge on any atom is -0.300 e. The van der Waals surface area contributed by atoms with E-state index < -0.39 is 0 Å². The second-order valence-corrected chi connectivity index (χ2v) is 12.9. The minimum atomic E-state index is 0.771. The molecule has 6 aliphatic heterocycles. The summed E-state index contributed by atoms with van der Waals surface area (Å²) < 4.78 is 0. The fourth-order valence-corrected chi connectivity index (χ4v) is 7.60. The van der Waals surface area contributed by atoms with E-state index in [1.807, 2.05) is 0 Å². The van der Waals surface area contributed by atoms with Gasteiger partial charge in [-0.2, -0.15) is 0 Å². The Morgan fingerprint density at radius 1 is 0.581 bits per heavy atom.